The molecule has 7 nitrogen and oxygen atoms in total. The Morgan fingerprint density at radius 2 is 2.07 bits per heavy atom. The van der Waals surface area contributed by atoms with Gasteiger partial charge in [-0.25, -0.2) is 0 Å². The number of furan rings is 1. The SMILES string of the molecule is Cc1cc(/C=C2\SC(=O)N(CC(=O)OC(C)C)C2=O)c(C)n1Cc1ccco1. The lowest BCUT2D eigenvalue weighted by atomic mass is 10.2. The number of carbonyl (C=O) groups excluding carboxylic acids is 3. The molecule has 0 atom stereocenters. The molecule has 1 aliphatic rings. The molecule has 1 fully saturated rings. The minimum Gasteiger partial charge on any atom is -0.467 e. The van der Waals surface area contributed by atoms with Crippen LogP contribution in [0.1, 0.15) is 36.6 Å². The zero-order valence-corrected chi connectivity index (χ0v) is 17.0. The van der Waals surface area contributed by atoms with Crippen molar-refractivity contribution in [2.75, 3.05) is 6.54 Å². The van der Waals surface area contributed by atoms with Crippen LogP contribution < -0.4 is 0 Å². The van der Waals surface area contributed by atoms with Crippen LogP contribution in [0, 0.1) is 13.8 Å². The van der Waals surface area contributed by atoms with Crippen molar-refractivity contribution >= 4 is 35.0 Å². The third kappa shape index (κ3) is 4.22. The fourth-order valence-corrected chi connectivity index (χ4v) is 3.81. The molecule has 2 aromatic rings. The predicted octanol–water partition coefficient (Wildman–Crippen LogP) is 3.73. The maximum Gasteiger partial charge on any atom is 0.326 e. The second-order valence-electron chi connectivity index (χ2n) is 6.80. The number of thioether (sulfide) groups is 1. The van der Waals surface area contributed by atoms with E-state index in [1.165, 1.54) is 0 Å². The monoisotopic (exact) mass is 402 g/mol. The fourth-order valence-electron chi connectivity index (χ4n) is 2.98. The molecule has 0 aromatic carbocycles. The van der Waals surface area contributed by atoms with Crippen LogP contribution in [-0.2, 0) is 20.9 Å². The van der Waals surface area contributed by atoms with Gasteiger partial charge >= 0.3 is 5.97 Å². The maximum absolute atomic E-state index is 12.6. The molecule has 148 valence electrons. The van der Waals surface area contributed by atoms with E-state index in [0.29, 0.717) is 11.4 Å². The number of hydrogen-bond acceptors (Lipinski definition) is 6. The number of aryl methyl sites for hydroxylation is 1. The summed E-state index contributed by atoms with van der Waals surface area (Å²) < 4.78 is 12.5. The van der Waals surface area contributed by atoms with E-state index < -0.39 is 17.1 Å². The number of imide groups is 1. The summed E-state index contributed by atoms with van der Waals surface area (Å²) in [5.74, 6) is -0.251. The van der Waals surface area contributed by atoms with Crippen molar-refractivity contribution in [3.8, 4) is 0 Å². The third-order valence-corrected chi connectivity index (χ3v) is 5.23. The van der Waals surface area contributed by atoms with Gasteiger partial charge in [0.15, 0.2) is 0 Å². The minimum atomic E-state index is -0.602. The Morgan fingerprint density at radius 1 is 1.32 bits per heavy atom. The van der Waals surface area contributed by atoms with Gasteiger partial charge in [0.25, 0.3) is 11.1 Å². The number of ether oxygens (including phenoxy) is 1. The fraction of sp³-hybridized carbons (Fsp3) is 0.350. The molecule has 3 heterocycles. The van der Waals surface area contributed by atoms with E-state index in [-0.39, 0.29) is 12.6 Å². The molecule has 0 N–H and O–H groups in total. The van der Waals surface area contributed by atoms with Gasteiger partial charge in [0, 0.05) is 11.4 Å². The summed E-state index contributed by atoms with van der Waals surface area (Å²) in [5, 5.41) is -0.471. The van der Waals surface area contributed by atoms with E-state index in [9.17, 15) is 14.4 Å². The van der Waals surface area contributed by atoms with Gasteiger partial charge in [-0.15, -0.1) is 0 Å². The van der Waals surface area contributed by atoms with Gasteiger partial charge in [0.1, 0.15) is 12.3 Å². The lowest BCUT2D eigenvalue weighted by Gasteiger charge is -2.13. The lowest BCUT2D eigenvalue weighted by molar-refractivity contribution is -0.149. The Balaban J connectivity index is 1.79. The van der Waals surface area contributed by atoms with E-state index in [1.54, 1.807) is 26.2 Å². The Labute approximate surface area is 167 Å². The van der Waals surface area contributed by atoms with Crippen LogP contribution in [0.25, 0.3) is 6.08 Å². The molecule has 1 saturated heterocycles. The van der Waals surface area contributed by atoms with E-state index in [4.69, 9.17) is 9.15 Å². The minimum absolute atomic E-state index is 0.292. The largest absolute Gasteiger partial charge is 0.467 e. The quantitative estimate of drug-likeness (QED) is 0.541. The van der Waals surface area contributed by atoms with Crippen molar-refractivity contribution in [2.24, 2.45) is 0 Å². The summed E-state index contributed by atoms with van der Waals surface area (Å²) in [6, 6.07) is 5.70. The molecule has 2 amide bonds. The smallest absolute Gasteiger partial charge is 0.326 e. The average Bonchev–Trinajstić information content (AvgIpc) is 3.28. The molecular formula is C20H22N2O5S. The first-order valence-electron chi connectivity index (χ1n) is 8.90. The summed E-state index contributed by atoms with van der Waals surface area (Å²) in [6.45, 7) is 7.56. The molecule has 28 heavy (non-hydrogen) atoms. The van der Waals surface area contributed by atoms with E-state index >= 15 is 0 Å². The van der Waals surface area contributed by atoms with E-state index in [2.05, 4.69) is 4.57 Å². The molecule has 8 heteroatoms. The first-order valence-corrected chi connectivity index (χ1v) is 9.72. The number of esters is 1. The standard InChI is InChI=1S/C20H22N2O5S/c1-12(2)27-18(23)11-22-19(24)17(28-20(22)25)9-15-8-13(3)21(14(15)4)10-16-6-5-7-26-16/h5-9,12H,10-11H2,1-4H3/b17-9-. The highest BCUT2D eigenvalue weighted by Gasteiger charge is 2.37. The molecule has 0 bridgehead atoms. The van der Waals surface area contributed by atoms with Crippen LogP contribution >= 0.6 is 11.8 Å². The van der Waals surface area contributed by atoms with Crippen LogP contribution in [0.2, 0.25) is 0 Å². The Hall–Kier alpha value is -2.74. The van der Waals surface area contributed by atoms with Crippen molar-refractivity contribution in [3.63, 3.8) is 0 Å². The Bertz CT molecular complexity index is 940. The summed E-state index contributed by atoms with van der Waals surface area (Å²) in [6.07, 6.45) is 3.02. The Kier molecular flexibility index (Phi) is 5.79. The molecule has 2 aromatic heterocycles. The van der Waals surface area contributed by atoms with Gasteiger partial charge in [-0.3, -0.25) is 19.3 Å². The van der Waals surface area contributed by atoms with Crippen molar-refractivity contribution in [1.82, 2.24) is 9.47 Å². The number of hydrogen-bond donors (Lipinski definition) is 0. The van der Waals surface area contributed by atoms with Crippen LogP contribution in [0.4, 0.5) is 4.79 Å². The van der Waals surface area contributed by atoms with E-state index in [1.807, 2.05) is 32.0 Å². The third-order valence-electron chi connectivity index (χ3n) is 4.32. The first kappa shape index (κ1) is 20.0. The lowest BCUT2D eigenvalue weighted by Crippen LogP contribution is -2.35. The van der Waals surface area contributed by atoms with Crippen molar-refractivity contribution in [2.45, 2.75) is 40.3 Å². The molecule has 1 aliphatic heterocycles. The van der Waals surface area contributed by atoms with Gasteiger partial charge in [0.05, 0.1) is 23.8 Å². The molecule has 0 saturated carbocycles. The van der Waals surface area contributed by atoms with Gasteiger partial charge in [-0.05, 0) is 69.3 Å². The van der Waals surface area contributed by atoms with Gasteiger partial charge in [-0.1, -0.05) is 0 Å². The second kappa shape index (κ2) is 8.10. The molecule has 0 aliphatic carbocycles. The summed E-state index contributed by atoms with van der Waals surface area (Å²) >= 11 is 0.830. The molecule has 0 spiro atoms. The van der Waals surface area contributed by atoms with Gasteiger partial charge in [0.2, 0.25) is 0 Å². The summed E-state index contributed by atoms with van der Waals surface area (Å²) in [5.41, 5.74) is 2.82. The van der Waals surface area contributed by atoms with Gasteiger partial charge < -0.3 is 13.7 Å². The van der Waals surface area contributed by atoms with Crippen LogP contribution in [0.15, 0.2) is 33.8 Å². The van der Waals surface area contributed by atoms with Crippen LogP contribution in [0.3, 0.4) is 0 Å². The van der Waals surface area contributed by atoms with Crippen LogP contribution in [0.5, 0.6) is 0 Å². The molecule has 0 radical (unpaired) electrons. The summed E-state index contributed by atoms with van der Waals surface area (Å²) in [7, 11) is 0. The number of amides is 2. The van der Waals surface area contributed by atoms with E-state index in [0.717, 1.165) is 39.4 Å². The number of aromatic nitrogens is 1. The first-order chi connectivity index (χ1) is 13.3. The highest BCUT2D eigenvalue weighted by atomic mass is 32.2. The van der Waals surface area contributed by atoms with Gasteiger partial charge in [-0.2, -0.15) is 0 Å². The second-order valence-corrected chi connectivity index (χ2v) is 7.79. The highest BCUT2D eigenvalue weighted by molar-refractivity contribution is 8.18. The van der Waals surface area contributed by atoms with Crippen molar-refractivity contribution in [3.05, 3.63) is 52.1 Å². The highest BCUT2D eigenvalue weighted by Crippen LogP contribution is 2.33. The average molecular weight is 402 g/mol. The number of rotatable bonds is 6. The molecule has 3 rings (SSSR count). The number of nitrogens with zero attached hydrogens (tertiary/aromatic N) is 2. The number of carbonyl (C=O) groups is 3. The van der Waals surface area contributed by atoms with Crippen molar-refractivity contribution in [1.29, 1.82) is 0 Å². The molecular weight excluding hydrogens is 380 g/mol. The summed E-state index contributed by atoms with van der Waals surface area (Å²) in [4.78, 5) is 37.8. The topological polar surface area (TPSA) is 81.8 Å². The zero-order chi connectivity index (χ0) is 20.4. The van der Waals surface area contributed by atoms with Crippen LogP contribution in [-0.4, -0.2) is 39.2 Å². The van der Waals surface area contributed by atoms with Crippen molar-refractivity contribution < 1.29 is 23.5 Å². The Morgan fingerprint density at radius 3 is 2.71 bits per heavy atom. The zero-order valence-electron chi connectivity index (χ0n) is 16.2. The normalized spacial score (nSPS) is 15.9. The maximum atomic E-state index is 12.6. The molecule has 0 unspecified atom stereocenters. The predicted molar refractivity (Wildman–Crippen MR) is 106 cm³/mol.